The summed E-state index contributed by atoms with van der Waals surface area (Å²) in [5, 5.41) is 0. The van der Waals surface area contributed by atoms with Crippen LogP contribution >= 0.6 is 0 Å². The van der Waals surface area contributed by atoms with E-state index in [1.165, 1.54) is 38.5 Å². The van der Waals surface area contributed by atoms with Gasteiger partial charge in [0.1, 0.15) is 0 Å². The third-order valence-corrected chi connectivity index (χ3v) is 12.1. The SMILES string of the molecule is CC1(C)CCCC(C)(C)[N]1[Al]([c]1ccccc1)[N]1C(C)(C)CCCC1(C)C. The summed E-state index contributed by atoms with van der Waals surface area (Å²) in [5.74, 6) is 0. The number of hydrogen-bond acceptors (Lipinski definition) is 2. The van der Waals surface area contributed by atoms with Crippen molar-refractivity contribution in [3.05, 3.63) is 30.3 Å². The minimum Gasteiger partial charge on any atom is -0.358 e. The minimum atomic E-state index is -1.59. The molecule has 27 heavy (non-hydrogen) atoms. The van der Waals surface area contributed by atoms with Gasteiger partial charge in [0.25, 0.3) is 0 Å². The first-order valence-corrected chi connectivity index (χ1v) is 12.6. The lowest BCUT2D eigenvalue weighted by Crippen LogP contribution is -2.78. The van der Waals surface area contributed by atoms with E-state index in [4.69, 9.17) is 0 Å². The van der Waals surface area contributed by atoms with Crippen LogP contribution in [-0.4, -0.2) is 44.5 Å². The molecule has 0 aliphatic carbocycles. The fourth-order valence-electron chi connectivity index (χ4n) is 6.39. The van der Waals surface area contributed by atoms with Crippen LogP contribution in [0.3, 0.4) is 0 Å². The van der Waals surface area contributed by atoms with Crippen molar-refractivity contribution in [2.24, 2.45) is 0 Å². The Bertz CT molecular complexity index is 578. The van der Waals surface area contributed by atoms with Crippen LogP contribution in [0.5, 0.6) is 0 Å². The van der Waals surface area contributed by atoms with E-state index in [-0.39, 0.29) is 22.2 Å². The summed E-state index contributed by atoms with van der Waals surface area (Å²) < 4.78 is 7.60. The summed E-state index contributed by atoms with van der Waals surface area (Å²) in [6, 6.07) is 11.5. The van der Waals surface area contributed by atoms with Gasteiger partial charge in [-0.3, -0.25) is 0 Å². The first kappa shape index (κ1) is 21.4. The maximum Gasteiger partial charge on any atom is 0.531 e. The van der Waals surface area contributed by atoms with Crippen LogP contribution in [0.15, 0.2) is 30.3 Å². The first-order valence-electron chi connectivity index (χ1n) is 11.0. The maximum atomic E-state index is 3.01. The smallest absolute Gasteiger partial charge is 0.358 e. The zero-order chi connectivity index (χ0) is 20.1. The molecule has 2 nitrogen and oxygen atoms in total. The number of hydrogen-bond donors (Lipinski definition) is 0. The summed E-state index contributed by atoms with van der Waals surface area (Å²) >= 11 is -1.59. The van der Waals surface area contributed by atoms with Gasteiger partial charge < -0.3 is 7.77 Å². The molecule has 0 aromatic heterocycles. The van der Waals surface area contributed by atoms with Crippen LogP contribution in [-0.2, 0) is 0 Å². The predicted molar refractivity (Wildman–Crippen MR) is 120 cm³/mol. The second-order valence-corrected chi connectivity index (χ2v) is 13.9. The molecule has 2 aliphatic rings. The van der Waals surface area contributed by atoms with Crippen molar-refractivity contribution in [2.45, 2.75) is 116 Å². The highest BCUT2D eigenvalue weighted by Crippen LogP contribution is 2.45. The lowest BCUT2D eigenvalue weighted by molar-refractivity contribution is -0.00212. The molecule has 3 rings (SSSR count). The molecule has 0 amide bonds. The molecule has 2 saturated heterocycles. The fraction of sp³-hybridized carbons (Fsp3) is 0.750. The van der Waals surface area contributed by atoms with E-state index in [0.717, 1.165) is 0 Å². The van der Waals surface area contributed by atoms with Gasteiger partial charge in [0, 0.05) is 0 Å². The van der Waals surface area contributed by atoms with Crippen molar-refractivity contribution in [2.75, 3.05) is 0 Å². The highest BCUT2D eigenvalue weighted by molar-refractivity contribution is 6.68. The van der Waals surface area contributed by atoms with Gasteiger partial charge in [0.2, 0.25) is 0 Å². The topological polar surface area (TPSA) is 6.48 Å². The molecule has 1 aromatic rings. The Morgan fingerprint density at radius 2 is 0.926 bits per heavy atom. The lowest BCUT2D eigenvalue weighted by atomic mass is 9.82. The molecule has 2 heterocycles. The average Bonchev–Trinajstić information content (AvgIpc) is 2.51. The van der Waals surface area contributed by atoms with Crippen molar-refractivity contribution in [1.29, 1.82) is 0 Å². The van der Waals surface area contributed by atoms with E-state index >= 15 is 0 Å². The van der Waals surface area contributed by atoms with Gasteiger partial charge in [0.05, 0.1) is 0 Å². The Labute approximate surface area is 173 Å². The van der Waals surface area contributed by atoms with E-state index in [1.54, 1.807) is 4.43 Å². The molecule has 0 spiro atoms. The third kappa shape index (κ3) is 4.04. The van der Waals surface area contributed by atoms with E-state index in [2.05, 4.69) is 93.5 Å². The largest absolute Gasteiger partial charge is 0.531 e. The van der Waals surface area contributed by atoms with Gasteiger partial charge in [-0.15, -0.1) is 0 Å². The van der Waals surface area contributed by atoms with Crippen LogP contribution in [0.25, 0.3) is 0 Å². The van der Waals surface area contributed by atoms with Crippen molar-refractivity contribution in [3.8, 4) is 0 Å². The molecule has 2 fully saturated rings. The minimum absolute atomic E-state index is 0.248. The summed E-state index contributed by atoms with van der Waals surface area (Å²) in [7, 11) is 0. The Morgan fingerprint density at radius 3 is 1.26 bits per heavy atom. The monoisotopic (exact) mass is 384 g/mol. The number of nitrogens with zero attached hydrogens (tertiary/aromatic N) is 2. The van der Waals surface area contributed by atoms with Gasteiger partial charge >= 0.3 is 14.6 Å². The highest BCUT2D eigenvalue weighted by Gasteiger charge is 2.57. The van der Waals surface area contributed by atoms with Crippen LogP contribution in [0, 0.1) is 0 Å². The molecule has 2 aliphatic heterocycles. The standard InChI is InChI=1S/2C9H18N.C6H5.Al/c2*1-8(2)6-5-7-9(3,4)10-8;1-2-4-6-5-3-1;/h2*5-7H2,1-4H3;1-5H;/q2*-1;;+2. The average molecular weight is 385 g/mol. The lowest BCUT2D eigenvalue weighted by Gasteiger charge is -2.63. The van der Waals surface area contributed by atoms with Crippen LogP contribution < -0.4 is 4.43 Å². The summed E-state index contributed by atoms with van der Waals surface area (Å²) in [4.78, 5) is 0. The predicted octanol–water partition coefficient (Wildman–Crippen LogP) is 5.47. The Kier molecular flexibility index (Phi) is 5.68. The normalized spacial score (nSPS) is 27.3. The Morgan fingerprint density at radius 1 is 0.593 bits per heavy atom. The second kappa shape index (κ2) is 7.17. The molecule has 0 atom stereocenters. The molecule has 3 heteroatoms. The summed E-state index contributed by atoms with van der Waals surface area (Å²) in [6.07, 6.45) is 7.92. The van der Waals surface area contributed by atoms with Crippen LogP contribution in [0.4, 0.5) is 0 Å². The van der Waals surface area contributed by atoms with Crippen molar-refractivity contribution >= 4 is 19.0 Å². The molecule has 0 unspecified atom stereocenters. The highest BCUT2D eigenvalue weighted by atomic mass is 27.2. The van der Waals surface area contributed by atoms with E-state index in [1.807, 2.05) is 0 Å². The number of benzene rings is 1. The van der Waals surface area contributed by atoms with Gasteiger partial charge in [-0.05, 0) is 116 Å². The van der Waals surface area contributed by atoms with Crippen molar-refractivity contribution < 1.29 is 0 Å². The molecule has 150 valence electrons. The first-order chi connectivity index (χ1) is 12.4. The Hall–Kier alpha value is -0.328. The van der Waals surface area contributed by atoms with E-state index in [9.17, 15) is 0 Å². The zero-order valence-electron chi connectivity index (χ0n) is 19.1. The molecule has 1 aromatic carbocycles. The molecular weight excluding hydrogens is 343 g/mol. The fourth-order valence-corrected chi connectivity index (χ4v) is 10.9. The van der Waals surface area contributed by atoms with E-state index < -0.39 is 14.6 Å². The molecule has 0 radical (unpaired) electrons. The molecular formula is C24H41AlN2. The molecule has 0 N–H and O–H groups in total. The van der Waals surface area contributed by atoms with Crippen molar-refractivity contribution in [1.82, 2.24) is 7.77 Å². The van der Waals surface area contributed by atoms with Gasteiger partial charge in [0.15, 0.2) is 0 Å². The summed E-state index contributed by atoms with van der Waals surface area (Å²) in [6.45, 7) is 20.0. The summed E-state index contributed by atoms with van der Waals surface area (Å²) in [5.41, 5.74) is 0.992. The molecule has 0 bridgehead atoms. The number of rotatable bonds is 3. The van der Waals surface area contributed by atoms with Crippen LogP contribution in [0.1, 0.15) is 93.9 Å². The van der Waals surface area contributed by atoms with Crippen molar-refractivity contribution in [3.63, 3.8) is 0 Å². The van der Waals surface area contributed by atoms with Gasteiger partial charge in [-0.2, -0.15) is 0 Å². The quantitative estimate of drug-likeness (QED) is 0.638. The maximum absolute atomic E-state index is 3.01. The second-order valence-electron chi connectivity index (χ2n) is 11.5. The van der Waals surface area contributed by atoms with Gasteiger partial charge in [-0.1, -0.05) is 34.8 Å². The third-order valence-electron chi connectivity index (χ3n) is 7.35. The van der Waals surface area contributed by atoms with Crippen LogP contribution in [0.2, 0.25) is 0 Å². The zero-order valence-corrected chi connectivity index (χ0v) is 20.3. The molecule has 0 saturated carbocycles. The number of piperidine rings is 2. The Balaban J connectivity index is 2.20. The van der Waals surface area contributed by atoms with E-state index in [0.29, 0.717) is 0 Å². The van der Waals surface area contributed by atoms with Gasteiger partial charge in [-0.25, -0.2) is 0 Å².